The van der Waals surface area contributed by atoms with E-state index in [1.165, 1.54) is 64.2 Å². The van der Waals surface area contributed by atoms with Gasteiger partial charge in [-0.3, -0.25) is 0 Å². The SMILES string of the molecule is CCCCCCCCCC(CCC)[C@@H](O)CC. The fourth-order valence-corrected chi connectivity index (χ4v) is 2.60. The summed E-state index contributed by atoms with van der Waals surface area (Å²) in [4.78, 5) is 0. The van der Waals surface area contributed by atoms with Gasteiger partial charge in [-0.2, -0.15) is 0 Å². The Bertz CT molecular complexity index is 144. The number of hydrogen-bond donors (Lipinski definition) is 1. The Kier molecular flexibility index (Phi) is 12.4. The van der Waals surface area contributed by atoms with E-state index >= 15 is 0 Å². The quantitative estimate of drug-likeness (QED) is 0.460. The third-order valence-electron chi connectivity index (χ3n) is 3.80. The fraction of sp³-hybridized carbons (Fsp3) is 1.00. The van der Waals surface area contributed by atoms with Gasteiger partial charge in [0, 0.05) is 0 Å². The predicted molar refractivity (Wildman–Crippen MR) is 77.3 cm³/mol. The van der Waals surface area contributed by atoms with Gasteiger partial charge in [-0.05, 0) is 25.2 Å². The van der Waals surface area contributed by atoms with E-state index in [2.05, 4.69) is 20.8 Å². The zero-order valence-electron chi connectivity index (χ0n) is 12.4. The van der Waals surface area contributed by atoms with E-state index in [1.807, 2.05) is 0 Å². The average Bonchev–Trinajstić information content (AvgIpc) is 2.35. The lowest BCUT2D eigenvalue weighted by molar-refractivity contribution is 0.0913. The third-order valence-corrected chi connectivity index (χ3v) is 3.80. The molecule has 0 aliphatic carbocycles. The van der Waals surface area contributed by atoms with Crippen LogP contribution >= 0.6 is 0 Å². The molecule has 0 aliphatic heterocycles. The van der Waals surface area contributed by atoms with Gasteiger partial charge >= 0.3 is 0 Å². The third kappa shape index (κ3) is 9.64. The fourth-order valence-electron chi connectivity index (χ4n) is 2.60. The Labute approximate surface area is 109 Å². The van der Waals surface area contributed by atoms with Crippen molar-refractivity contribution in [1.29, 1.82) is 0 Å². The highest BCUT2D eigenvalue weighted by Gasteiger charge is 2.15. The van der Waals surface area contributed by atoms with Crippen molar-refractivity contribution in [3.05, 3.63) is 0 Å². The van der Waals surface area contributed by atoms with Crippen LogP contribution in [0.2, 0.25) is 0 Å². The van der Waals surface area contributed by atoms with Crippen LogP contribution in [0.3, 0.4) is 0 Å². The van der Waals surface area contributed by atoms with Crippen LogP contribution in [0.5, 0.6) is 0 Å². The first-order valence-corrected chi connectivity index (χ1v) is 7.94. The summed E-state index contributed by atoms with van der Waals surface area (Å²) >= 11 is 0. The van der Waals surface area contributed by atoms with Crippen molar-refractivity contribution in [3.8, 4) is 0 Å². The van der Waals surface area contributed by atoms with Crippen LogP contribution in [0.25, 0.3) is 0 Å². The van der Waals surface area contributed by atoms with Gasteiger partial charge in [-0.1, -0.05) is 72.1 Å². The number of aliphatic hydroxyl groups is 1. The molecule has 0 fully saturated rings. The molecule has 0 spiro atoms. The van der Waals surface area contributed by atoms with Crippen LogP contribution in [-0.2, 0) is 0 Å². The molecule has 17 heavy (non-hydrogen) atoms. The molecule has 104 valence electrons. The molecule has 0 aromatic heterocycles. The summed E-state index contributed by atoms with van der Waals surface area (Å²) in [5.41, 5.74) is 0. The summed E-state index contributed by atoms with van der Waals surface area (Å²) < 4.78 is 0. The highest BCUT2D eigenvalue weighted by atomic mass is 16.3. The van der Waals surface area contributed by atoms with E-state index < -0.39 is 0 Å². The van der Waals surface area contributed by atoms with Crippen LogP contribution < -0.4 is 0 Å². The minimum absolute atomic E-state index is 0.0601. The Morgan fingerprint density at radius 1 is 0.706 bits per heavy atom. The largest absolute Gasteiger partial charge is 0.393 e. The molecule has 1 N–H and O–H groups in total. The van der Waals surface area contributed by atoms with Gasteiger partial charge in [0.05, 0.1) is 6.10 Å². The first kappa shape index (κ1) is 17.0. The van der Waals surface area contributed by atoms with Gasteiger partial charge in [0.25, 0.3) is 0 Å². The van der Waals surface area contributed by atoms with E-state index in [1.54, 1.807) is 0 Å². The molecule has 0 bridgehead atoms. The van der Waals surface area contributed by atoms with Crippen molar-refractivity contribution >= 4 is 0 Å². The number of unbranched alkanes of at least 4 members (excludes halogenated alkanes) is 6. The molecule has 0 rings (SSSR count). The molecule has 1 heteroatoms. The second-order valence-electron chi connectivity index (χ2n) is 5.43. The molecule has 0 aliphatic rings. The van der Waals surface area contributed by atoms with Crippen molar-refractivity contribution in [1.82, 2.24) is 0 Å². The molecule has 0 heterocycles. The van der Waals surface area contributed by atoms with E-state index in [0.29, 0.717) is 5.92 Å². The second kappa shape index (κ2) is 12.4. The van der Waals surface area contributed by atoms with Gasteiger partial charge in [0.1, 0.15) is 0 Å². The summed E-state index contributed by atoms with van der Waals surface area (Å²) in [6.07, 6.45) is 14.1. The smallest absolute Gasteiger partial charge is 0.0565 e. The van der Waals surface area contributed by atoms with Crippen molar-refractivity contribution < 1.29 is 5.11 Å². The molecule has 1 nitrogen and oxygen atoms in total. The lowest BCUT2D eigenvalue weighted by atomic mass is 9.90. The Morgan fingerprint density at radius 3 is 1.82 bits per heavy atom. The molecule has 1 unspecified atom stereocenters. The summed E-state index contributed by atoms with van der Waals surface area (Å²) in [5, 5.41) is 9.92. The highest BCUT2D eigenvalue weighted by Crippen LogP contribution is 2.21. The van der Waals surface area contributed by atoms with Gasteiger partial charge < -0.3 is 5.11 Å². The van der Waals surface area contributed by atoms with E-state index in [0.717, 1.165) is 6.42 Å². The maximum Gasteiger partial charge on any atom is 0.0565 e. The van der Waals surface area contributed by atoms with Crippen molar-refractivity contribution in [3.63, 3.8) is 0 Å². The number of hydrogen-bond acceptors (Lipinski definition) is 1. The lowest BCUT2D eigenvalue weighted by Crippen LogP contribution is -2.19. The minimum Gasteiger partial charge on any atom is -0.393 e. The van der Waals surface area contributed by atoms with E-state index in [4.69, 9.17) is 0 Å². The maximum atomic E-state index is 9.92. The first-order valence-electron chi connectivity index (χ1n) is 7.94. The summed E-state index contributed by atoms with van der Waals surface area (Å²) in [6.45, 7) is 6.58. The van der Waals surface area contributed by atoms with Crippen LogP contribution in [-0.4, -0.2) is 11.2 Å². The van der Waals surface area contributed by atoms with Crippen molar-refractivity contribution in [2.75, 3.05) is 0 Å². The van der Waals surface area contributed by atoms with Gasteiger partial charge in [-0.25, -0.2) is 0 Å². The summed E-state index contributed by atoms with van der Waals surface area (Å²) in [6, 6.07) is 0. The van der Waals surface area contributed by atoms with Crippen LogP contribution in [0, 0.1) is 5.92 Å². The van der Waals surface area contributed by atoms with Gasteiger partial charge in [0.15, 0.2) is 0 Å². The molecule has 2 atom stereocenters. The molecular formula is C16H34O. The average molecular weight is 242 g/mol. The normalized spacial score (nSPS) is 14.8. The van der Waals surface area contributed by atoms with Crippen molar-refractivity contribution in [2.24, 2.45) is 5.92 Å². The topological polar surface area (TPSA) is 20.2 Å². The zero-order chi connectivity index (χ0) is 12.9. The zero-order valence-corrected chi connectivity index (χ0v) is 12.4. The van der Waals surface area contributed by atoms with E-state index in [-0.39, 0.29) is 6.10 Å². The molecule has 0 aromatic rings. The maximum absolute atomic E-state index is 9.92. The predicted octanol–water partition coefficient (Wildman–Crippen LogP) is 5.31. The van der Waals surface area contributed by atoms with Crippen LogP contribution in [0.15, 0.2) is 0 Å². The molecule has 0 radical (unpaired) electrons. The molecule has 0 amide bonds. The Hall–Kier alpha value is -0.0400. The first-order chi connectivity index (χ1) is 8.26. The monoisotopic (exact) mass is 242 g/mol. The molecule has 0 aromatic carbocycles. The lowest BCUT2D eigenvalue weighted by Gasteiger charge is -2.21. The van der Waals surface area contributed by atoms with Crippen molar-refractivity contribution in [2.45, 2.75) is 97.5 Å². The van der Waals surface area contributed by atoms with Crippen LogP contribution in [0.4, 0.5) is 0 Å². The van der Waals surface area contributed by atoms with Gasteiger partial charge in [-0.15, -0.1) is 0 Å². The van der Waals surface area contributed by atoms with Crippen LogP contribution in [0.1, 0.15) is 91.4 Å². The number of rotatable bonds is 12. The second-order valence-corrected chi connectivity index (χ2v) is 5.43. The highest BCUT2D eigenvalue weighted by molar-refractivity contribution is 4.67. The van der Waals surface area contributed by atoms with Gasteiger partial charge in [0.2, 0.25) is 0 Å². The number of aliphatic hydroxyl groups excluding tert-OH is 1. The standard InChI is InChI=1S/C16H34O/c1-4-7-8-9-10-11-12-14-15(13-5-2)16(17)6-3/h15-17H,4-14H2,1-3H3/t15?,16-/m0/s1. The summed E-state index contributed by atoms with van der Waals surface area (Å²) in [7, 11) is 0. The molecule has 0 saturated heterocycles. The molecular weight excluding hydrogens is 208 g/mol. The summed E-state index contributed by atoms with van der Waals surface area (Å²) in [5.74, 6) is 0.556. The molecule has 0 saturated carbocycles. The van der Waals surface area contributed by atoms with E-state index in [9.17, 15) is 5.11 Å². The Morgan fingerprint density at radius 2 is 1.29 bits per heavy atom. The minimum atomic E-state index is -0.0601. The Balaban J connectivity index is 3.47.